The van der Waals surface area contributed by atoms with Crippen LogP contribution in [0, 0.1) is 20.8 Å². The Bertz CT molecular complexity index is 1440. The largest absolute Gasteiger partial charge is 0.322 e. The Balaban J connectivity index is 1.39. The highest BCUT2D eigenvalue weighted by Gasteiger charge is 2.28. The van der Waals surface area contributed by atoms with Gasteiger partial charge in [-0.05, 0) is 67.8 Å². The summed E-state index contributed by atoms with van der Waals surface area (Å²) in [7, 11) is 0. The Hall–Kier alpha value is -4.16. The molecule has 2 N–H and O–H groups in total. The van der Waals surface area contributed by atoms with Crippen LogP contribution in [0.3, 0.4) is 0 Å². The lowest BCUT2D eigenvalue weighted by Crippen LogP contribution is -2.27. The van der Waals surface area contributed by atoms with Crippen LogP contribution in [0.4, 0.5) is 5.69 Å². The molecule has 1 aliphatic heterocycles. The lowest BCUT2D eigenvalue weighted by molar-refractivity contribution is 0.0942. The molecule has 5 rings (SSSR count). The molecular weight excluding hydrogens is 436 g/mol. The topological polar surface area (TPSA) is 84.0 Å². The van der Waals surface area contributed by atoms with Gasteiger partial charge in [-0.15, -0.1) is 0 Å². The lowest BCUT2D eigenvalue weighted by Gasteiger charge is -2.18. The average molecular weight is 463 g/mol. The zero-order chi connectivity index (χ0) is 24.5. The highest BCUT2D eigenvalue weighted by molar-refractivity contribution is 6.06. The van der Waals surface area contributed by atoms with Crippen molar-refractivity contribution in [2.24, 2.45) is 0 Å². The minimum absolute atomic E-state index is 0.0395. The van der Waals surface area contributed by atoms with E-state index < -0.39 is 6.04 Å². The van der Waals surface area contributed by atoms with E-state index in [0.717, 1.165) is 33.5 Å². The number of nitrogens with zero attached hydrogens (tertiary/aromatic N) is 2. The fourth-order valence-electron chi connectivity index (χ4n) is 4.46. The molecule has 35 heavy (non-hydrogen) atoms. The molecule has 0 fully saturated rings. The van der Waals surface area contributed by atoms with Gasteiger partial charge in [-0.3, -0.25) is 14.9 Å². The number of benzene rings is 3. The van der Waals surface area contributed by atoms with Crippen LogP contribution in [-0.4, -0.2) is 21.7 Å². The number of amides is 1. The van der Waals surface area contributed by atoms with Crippen LogP contribution in [0.2, 0.25) is 0 Å². The zero-order valence-corrected chi connectivity index (χ0v) is 19.9. The molecule has 0 saturated carbocycles. The summed E-state index contributed by atoms with van der Waals surface area (Å²) >= 11 is 0. The summed E-state index contributed by atoms with van der Waals surface area (Å²) in [4.78, 5) is 35.3. The van der Waals surface area contributed by atoms with Gasteiger partial charge in [0.2, 0.25) is 0 Å². The fraction of sp³-hybridized carbons (Fsp3) is 0.172. The number of Topliss-reactive ketones (excluding diaryl/α,β-unsaturated/α-hetero) is 1. The molecule has 1 amide bonds. The van der Waals surface area contributed by atoms with Gasteiger partial charge in [0.15, 0.2) is 5.78 Å². The van der Waals surface area contributed by atoms with Crippen LogP contribution in [-0.2, 0) is 6.54 Å². The minimum atomic E-state index is -0.518. The second kappa shape index (κ2) is 9.24. The van der Waals surface area contributed by atoms with Crippen molar-refractivity contribution in [2.45, 2.75) is 33.4 Å². The maximum absolute atomic E-state index is 13.6. The number of hydrogen-bond acceptors (Lipinski definition) is 5. The van der Waals surface area contributed by atoms with E-state index in [1.807, 2.05) is 69.4 Å². The molecule has 0 radical (unpaired) electrons. The maximum atomic E-state index is 13.6. The van der Waals surface area contributed by atoms with E-state index >= 15 is 0 Å². The first-order valence-electron chi connectivity index (χ1n) is 11.6. The van der Waals surface area contributed by atoms with Crippen molar-refractivity contribution in [1.82, 2.24) is 15.3 Å². The predicted molar refractivity (Wildman–Crippen MR) is 136 cm³/mol. The third-order valence-corrected chi connectivity index (χ3v) is 6.55. The molecule has 0 bridgehead atoms. The van der Waals surface area contributed by atoms with Crippen molar-refractivity contribution in [1.29, 1.82) is 0 Å². The van der Waals surface area contributed by atoms with Gasteiger partial charge in [0.25, 0.3) is 5.91 Å². The summed E-state index contributed by atoms with van der Waals surface area (Å²) in [6.07, 6.45) is 1.82. The van der Waals surface area contributed by atoms with Gasteiger partial charge >= 0.3 is 0 Å². The third kappa shape index (κ3) is 4.36. The minimum Gasteiger partial charge on any atom is -0.322 e. The Labute approximate surface area is 204 Å². The molecular formula is C29H26N4O2. The number of ketones is 1. The number of rotatable bonds is 4. The van der Waals surface area contributed by atoms with Crippen molar-refractivity contribution < 1.29 is 9.59 Å². The van der Waals surface area contributed by atoms with Gasteiger partial charge in [0.1, 0.15) is 5.82 Å². The molecule has 6 heteroatoms. The number of carbonyl (C=O) groups is 2. The second-order valence-electron chi connectivity index (χ2n) is 8.84. The van der Waals surface area contributed by atoms with Crippen molar-refractivity contribution in [3.63, 3.8) is 0 Å². The summed E-state index contributed by atoms with van der Waals surface area (Å²) in [5.41, 5.74) is 7.52. The Morgan fingerprint density at radius 1 is 0.943 bits per heavy atom. The van der Waals surface area contributed by atoms with Crippen molar-refractivity contribution >= 4 is 17.4 Å². The van der Waals surface area contributed by atoms with Gasteiger partial charge in [0, 0.05) is 40.7 Å². The normalized spacial score (nSPS) is 14.4. The monoisotopic (exact) mass is 462 g/mol. The van der Waals surface area contributed by atoms with Gasteiger partial charge in [-0.2, -0.15) is 0 Å². The van der Waals surface area contributed by atoms with Gasteiger partial charge in [0.05, 0.1) is 11.7 Å². The predicted octanol–water partition coefficient (Wildman–Crippen LogP) is 5.35. The van der Waals surface area contributed by atoms with Crippen LogP contribution in [0.25, 0.3) is 11.3 Å². The molecule has 3 aromatic carbocycles. The molecule has 0 aliphatic carbocycles. The summed E-state index contributed by atoms with van der Waals surface area (Å²) in [6, 6.07) is 20.1. The summed E-state index contributed by atoms with van der Waals surface area (Å²) in [5.74, 6) is 0.489. The van der Waals surface area contributed by atoms with Crippen LogP contribution in [0.1, 0.15) is 54.8 Å². The Morgan fingerprint density at radius 3 is 2.51 bits per heavy atom. The number of anilines is 1. The standard InChI is InChI=1S/C29H26N4O2/c1-17-7-6-10-23(18(17)2)29(35)33-22-13-11-20(12-14-22)28(34)27-25-9-5-4-8-24(25)26-21(16-31-27)15-30-19(3)32-26/h4-15,27,31H,16H2,1-3H3,(H,33,35). The summed E-state index contributed by atoms with van der Waals surface area (Å²) in [5, 5.41) is 6.33. The average Bonchev–Trinajstić information content (AvgIpc) is 3.02. The maximum Gasteiger partial charge on any atom is 0.255 e. The van der Waals surface area contributed by atoms with E-state index in [1.165, 1.54) is 0 Å². The van der Waals surface area contributed by atoms with Crippen molar-refractivity contribution in [3.05, 3.63) is 112 Å². The number of aromatic nitrogens is 2. The van der Waals surface area contributed by atoms with Crippen molar-refractivity contribution in [2.75, 3.05) is 5.32 Å². The van der Waals surface area contributed by atoms with E-state index in [-0.39, 0.29) is 11.7 Å². The third-order valence-electron chi connectivity index (χ3n) is 6.55. The smallest absolute Gasteiger partial charge is 0.255 e. The molecule has 1 unspecified atom stereocenters. The quantitative estimate of drug-likeness (QED) is 0.400. The molecule has 1 aliphatic rings. The Kier molecular flexibility index (Phi) is 5.97. The van der Waals surface area contributed by atoms with Crippen molar-refractivity contribution in [3.8, 4) is 11.3 Å². The molecule has 6 nitrogen and oxygen atoms in total. The highest BCUT2D eigenvalue weighted by atomic mass is 16.1. The molecule has 0 saturated heterocycles. The molecule has 2 heterocycles. The van der Waals surface area contributed by atoms with Crippen LogP contribution < -0.4 is 10.6 Å². The van der Waals surface area contributed by atoms with E-state index in [1.54, 1.807) is 24.3 Å². The first kappa shape index (κ1) is 22.6. The van der Waals surface area contributed by atoms with E-state index in [4.69, 9.17) is 0 Å². The molecule has 0 spiro atoms. The number of carbonyl (C=O) groups excluding carboxylic acids is 2. The summed E-state index contributed by atoms with van der Waals surface area (Å²) in [6.45, 7) is 6.28. The summed E-state index contributed by atoms with van der Waals surface area (Å²) < 4.78 is 0. The number of aryl methyl sites for hydroxylation is 2. The lowest BCUT2D eigenvalue weighted by atomic mass is 9.93. The van der Waals surface area contributed by atoms with E-state index in [9.17, 15) is 9.59 Å². The van der Waals surface area contributed by atoms with Gasteiger partial charge < -0.3 is 5.32 Å². The zero-order valence-electron chi connectivity index (χ0n) is 19.9. The molecule has 1 aromatic heterocycles. The van der Waals surface area contributed by atoms with Gasteiger partial charge in [-0.25, -0.2) is 9.97 Å². The second-order valence-corrected chi connectivity index (χ2v) is 8.84. The van der Waals surface area contributed by atoms with E-state index in [0.29, 0.717) is 29.2 Å². The first-order valence-corrected chi connectivity index (χ1v) is 11.6. The SMILES string of the molecule is Cc1ncc2c(n1)-c1ccccc1C(C(=O)c1ccc(NC(=O)c3cccc(C)c3C)cc1)NC2. The number of nitrogens with one attached hydrogen (secondary N) is 2. The highest BCUT2D eigenvalue weighted by Crippen LogP contribution is 2.34. The number of hydrogen-bond donors (Lipinski definition) is 2. The first-order chi connectivity index (χ1) is 16.9. The van der Waals surface area contributed by atoms with Crippen LogP contribution in [0.15, 0.2) is 72.9 Å². The van der Waals surface area contributed by atoms with Crippen LogP contribution in [0.5, 0.6) is 0 Å². The van der Waals surface area contributed by atoms with Crippen LogP contribution >= 0.6 is 0 Å². The number of fused-ring (bicyclic) bond motifs is 3. The molecule has 174 valence electrons. The van der Waals surface area contributed by atoms with Gasteiger partial charge in [-0.1, -0.05) is 36.4 Å². The molecule has 4 aromatic rings. The molecule has 1 atom stereocenters. The van der Waals surface area contributed by atoms with E-state index in [2.05, 4.69) is 20.6 Å². The fourth-order valence-corrected chi connectivity index (χ4v) is 4.46. The Morgan fingerprint density at radius 2 is 1.71 bits per heavy atom.